The lowest BCUT2D eigenvalue weighted by Crippen LogP contribution is -2.44. The van der Waals surface area contributed by atoms with Crippen molar-refractivity contribution in [2.24, 2.45) is 11.5 Å². The van der Waals surface area contributed by atoms with Gasteiger partial charge in [0.15, 0.2) is 0 Å². The van der Waals surface area contributed by atoms with E-state index in [1.54, 1.807) is 31.2 Å². The van der Waals surface area contributed by atoms with Gasteiger partial charge in [-0.2, -0.15) is 0 Å². The van der Waals surface area contributed by atoms with Gasteiger partial charge in [0.05, 0.1) is 12.5 Å². The van der Waals surface area contributed by atoms with E-state index in [0.717, 1.165) is 0 Å². The molecule has 2 heterocycles. The maximum Gasteiger partial charge on any atom is 0.274 e. The van der Waals surface area contributed by atoms with Gasteiger partial charge in [0, 0.05) is 18.2 Å². The summed E-state index contributed by atoms with van der Waals surface area (Å²) in [5.74, 6) is -1.33. The van der Waals surface area contributed by atoms with Crippen LogP contribution in [0.2, 0.25) is 0 Å². The van der Waals surface area contributed by atoms with Gasteiger partial charge in [-0.05, 0) is 18.6 Å². The fourth-order valence-electron chi connectivity index (χ4n) is 3.06. The lowest BCUT2D eigenvalue weighted by molar-refractivity contribution is -0.122. The number of hydrogen-bond acceptors (Lipinski definition) is 5. The number of anilines is 1. The van der Waals surface area contributed by atoms with E-state index in [1.807, 2.05) is 0 Å². The number of aromatic amines is 1. The van der Waals surface area contributed by atoms with E-state index < -0.39 is 23.1 Å². The van der Waals surface area contributed by atoms with Crippen LogP contribution in [0.1, 0.15) is 29.4 Å². The first-order chi connectivity index (χ1) is 12.8. The molecule has 9 heteroatoms. The number of H-pyrrole nitrogens is 1. The zero-order chi connectivity index (χ0) is 19.6. The van der Waals surface area contributed by atoms with Gasteiger partial charge < -0.3 is 21.8 Å². The van der Waals surface area contributed by atoms with Crippen molar-refractivity contribution in [1.29, 1.82) is 0 Å². The number of nitrogens with two attached hydrogens (primary N) is 2. The molecule has 1 atom stereocenters. The van der Waals surface area contributed by atoms with Crippen LogP contribution < -0.4 is 16.8 Å². The minimum absolute atomic E-state index is 0.0571. The van der Waals surface area contributed by atoms with Gasteiger partial charge >= 0.3 is 0 Å². The van der Waals surface area contributed by atoms with Crippen LogP contribution in [-0.4, -0.2) is 32.7 Å². The third-order valence-corrected chi connectivity index (χ3v) is 4.64. The number of nitrogens with one attached hydrogen (secondary N) is 2. The second kappa shape index (κ2) is 6.87. The third-order valence-electron chi connectivity index (χ3n) is 4.64. The van der Waals surface area contributed by atoms with Crippen molar-refractivity contribution in [2.75, 3.05) is 5.32 Å². The zero-order valence-electron chi connectivity index (χ0n) is 14.5. The van der Waals surface area contributed by atoms with Crippen molar-refractivity contribution in [2.45, 2.75) is 18.8 Å². The van der Waals surface area contributed by atoms with E-state index in [2.05, 4.69) is 20.3 Å². The molecular formula is C18H18N6O3. The molecule has 6 N–H and O–H groups in total. The Morgan fingerprint density at radius 2 is 1.96 bits per heavy atom. The number of pyridine rings is 1. The number of amides is 3. The first-order valence-electron chi connectivity index (χ1n) is 8.08. The van der Waals surface area contributed by atoms with Crippen LogP contribution in [0.3, 0.4) is 0 Å². The highest BCUT2D eigenvalue weighted by Gasteiger charge is 2.43. The van der Waals surface area contributed by atoms with Crippen molar-refractivity contribution in [3.8, 4) is 0 Å². The Hall–Kier alpha value is -3.75. The highest BCUT2D eigenvalue weighted by Crippen LogP contribution is 2.40. The SMILES string of the molecule is CC1=CC=C(C(N)=O)CC1(C(N)=O)c1ccc(NC(=O)c2cnc[nH]2)nc1. The summed E-state index contributed by atoms with van der Waals surface area (Å²) in [6.07, 6.45) is 7.54. The molecule has 2 aromatic rings. The fraction of sp³-hybridized carbons (Fsp3) is 0.167. The molecule has 1 unspecified atom stereocenters. The van der Waals surface area contributed by atoms with E-state index in [1.165, 1.54) is 18.7 Å². The number of rotatable bonds is 5. The first kappa shape index (κ1) is 18.1. The number of nitrogens with zero attached hydrogens (tertiary/aromatic N) is 2. The largest absolute Gasteiger partial charge is 0.369 e. The summed E-state index contributed by atoms with van der Waals surface area (Å²) >= 11 is 0. The van der Waals surface area contributed by atoms with Crippen molar-refractivity contribution < 1.29 is 14.4 Å². The molecule has 2 aromatic heterocycles. The lowest BCUT2D eigenvalue weighted by atomic mass is 9.68. The quantitative estimate of drug-likeness (QED) is 0.607. The lowest BCUT2D eigenvalue weighted by Gasteiger charge is -2.34. The smallest absolute Gasteiger partial charge is 0.274 e. The second-order valence-corrected chi connectivity index (χ2v) is 6.20. The second-order valence-electron chi connectivity index (χ2n) is 6.20. The minimum Gasteiger partial charge on any atom is -0.369 e. The van der Waals surface area contributed by atoms with Crippen LogP contribution in [-0.2, 0) is 15.0 Å². The Bertz CT molecular complexity index is 959. The van der Waals surface area contributed by atoms with Gasteiger partial charge in [-0.3, -0.25) is 14.4 Å². The monoisotopic (exact) mass is 366 g/mol. The van der Waals surface area contributed by atoms with Crippen LogP contribution >= 0.6 is 0 Å². The zero-order valence-corrected chi connectivity index (χ0v) is 14.5. The van der Waals surface area contributed by atoms with E-state index in [9.17, 15) is 14.4 Å². The van der Waals surface area contributed by atoms with Crippen LogP contribution in [0.25, 0.3) is 0 Å². The fourth-order valence-corrected chi connectivity index (χ4v) is 3.06. The van der Waals surface area contributed by atoms with Gasteiger partial charge in [-0.25, -0.2) is 9.97 Å². The van der Waals surface area contributed by atoms with Crippen LogP contribution in [0.5, 0.6) is 0 Å². The van der Waals surface area contributed by atoms with Crippen LogP contribution in [0.4, 0.5) is 5.82 Å². The summed E-state index contributed by atoms with van der Waals surface area (Å²) in [4.78, 5) is 46.7. The normalized spacial score (nSPS) is 19.0. The summed E-state index contributed by atoms with van der Waals surface area (Å²) < 4.78 is 0. The molecule has 138 valence electrons. The van der Waals surface area contributed by atoms with Crippen molar-refractivity contribution in [3.63, 3.8) is 0 Å². The molecular weight excluding hydrogens is 348 g/mol. The average Bonchev–Trinajstić information content (AvgIpc) is 3.17. The molecule has 1 aliphatic carbocycles. The van der Waals surface area contributed by atoms with Crippen LogP contribution in [0, 0.1) is 0 Å². The Balaban J connectivity index is 1.91. The predicted octanol–water partition coefficient (Wildman–Crippen LogP) is 0.542. The van der Waals surface area contributed by atoms with E-state index >= 15 is 0 Å². The van der Waals surface area contributed by atoms with E-state index in [0.29, 0.717) is 22.5 Å². The predicted molar refractivity (Wildman–Crippen MR) is 97.3 cm³/mol. The number of primary amides is 2. The molecule has 0 saturated heterocycles. The maximum absolute atomic E-state index is 12.4. The molecule has 0 fully saturated rings. The Morgan fingerprint density at radius 1 is 1.19 bits per heavy atom. The Kier molecular flexibility index (Phi) is 4.59. The van der Waals surface area contributed by atoms with Gasteiger partial charge in [-0.1, -0.05) is 23.8 Å². The van der Waals surface area contributed by atoms with Gasteiger partial charge in [0.25, 0.3) is 5.91 Å². The van der Waals surface area contributed by atoms with Crippen LogP contribution in [0.15, 0.2) is 54.2 Å². The minimum atomic E-state index is -1.22. The molecule has 0 radical (unpaired) electrons. The molecule has 1 aliphatic rings. The molecule has 3 amide bonds. The topological polar surface area (TPSA) is 157 Å². The number of hydrogen-bond donors (Lipinski definition) is 4. The Morgan fingerprint density at radius 3 is 2.52 bits per heavy atom. The average molecular weight is 366 g/mol. The standard InChI is InChI=1S/C18H18N6O3/c1-10-2-3-11(15(19)25)6-18(10,17(20)27)12-4-5-14(22-7-12)24-16(26)13-8-21-9-23-13/h2-5,7-9H,6H2,1H3,(H2,19,25)(H2,20,27)(H,21,23)(H,22,24,26). The molecule has 3 rings (SSSR count). The van der Waals surface area contributed by atoms with Gasteiger partial charge in [0.2, 0.25) is 11.8 Å². The maximum atomic E-state index is 12.4. The molecule has 0 saturated carbocycles. The number of carbonyl (C=O) groups is 3. The third kappa shape index (κ3) is 3.22. The van der Waals surface area contributed by atoms with Crippen molar-refractivity contribution >= 4 is 23.5 Å². The van der Waals surface area contributed by atoms with E-state index in [4.69, 9.17) is 11.5 Å². The van der Waals surface area contributed by atoms with E-state index in [-0.39, 0.29) is 12.1 Å². The van der Waals surface area contributed by atoms with Gasteiger partial charge in [-0.15, -0.1) is 0 Å². The number of carbonyl (C=O) groups excluding carboxylic acids is 3. The summed E-state index contributed by atoms with van der Waals surface area (Å²) in [6, 6.07) is 3.20. The molecule has 0 spiro atoms. The summed E-state index contributed by atoms with van der Waals surface area (Å²) in [5.41, 5.74) is 11.6. The number of aromatic nitrogens is 3. The van der Waals surface area contributed by atoms with Crippen molar-refractivity contribution in [3.05, 3.63) is 65.4 Å². The van der Waals surface area contributed by atoms with Gasteiger partial charge in [0.1, 0.15) is 16.9 Å². The molecule has 0 aromatic carbocycles. The molecule has 0 aliphatic heterocycles. The number of allylic oxidation sites excluding steroid dienone is 2. The molecule has 27 heavy (non-hydrogen) atoms. The molecule has 9 nitrogen and oxygen atoms in total. The summed E-state index contributed by atoms with van der Waals surface area (Å²) in [5, 5.41) is 2.62. The highest BCUT2D eigenvalue weighted by atomic mass is 16.2. The molecule has 0 bridgehead atoms. The van der Waals surface area contributed by atoms with Crippen molar-refractivity contribution in [1.82, 2.24) is 15.0 Å². The highest BCUT2D eigenvalue weighted by molar-refractivity contribution is 6.02. The Labute approximate surface area is 154 Å². The first-order valence-corrected chi connectivity index (χ1v) is 8.08. The summed E-state index contributed by atoms with van der Waals surface area (Å²) in [7, 11) is 0. The summed E-state index contributed by atoms with van der Waals surface area (Å²) in [6.45, 7) is 1.76. The number of imidazole rings is 1.